The van der Waals surface area contributed by atoms with E-state index in [9.17, 15) is 13.7 Å². The normalized spacial score (nSPS) is 12.8. The van der Waals surface area contributed by atoms with E-state index >= 15 is 0 Å². The summed E-state index contributed by atoms with van der Waals surface area (Å²) in [5.41, 5.74) is 1.59. The van der Waals surface area contributed by atoms with Gasteiger partial charge < -0.3 is 29.5 Å². The highest BCUT2D eigenvalue weighted by Gasteiger charge is 2.38. The summed E-state index contributed by atoms with van der Waals surface area (Å²) >= 11 is 0. The molecule has 0 atom stereocenters. The Bertz CT molecular complexity index is 707. The maximum absolute atomic E-state index is 10.4. The summed E-state index contributed by atoms with van der Waals surface area (Å²) in [6.07, 6.45) is 4.76. The van der Waals surface area contributed by atoms with Crippen LogP contribution in [0.5, 0.6) is 0 Å². The largest absolute Gasteiger partial charge is 0.490 e. The number of imidazole rings is 1. The van der Waals surface area contributed by atoms with Gasteiger partial charge in [-0.1, -0.05) is 0 Å². The third kappa shape index (κ3) is 7.82. The first-order valence-corrected chi connectivity index (χ1v) is 9.39. The first-order chi connectivity index (χ1) is 9.88. The van der Waals surface area contributed by atoms with Crippen molar-refractivity contribution in [2.75, 3.05) is 0 Å². The van der Waals surface area contributed by atoms with E-state index in [1.165, 1.54) is 6.33 Å². The van der Waals surface area contributed by atoms with Gasteiger partial charge in [0.2, 0.25) is 0 Å². The highest BCUT2D eigenvalue weighted by molar-refractivity contribution is 7.66. The van der Waals surface area contributed by atoms with Gasteiger partial charge in [-0.2, -0.15) is 8.62 Å². The van der Waals surface area contributed by atoms with Crippen LogP contribution in [0.25, 0.3) is 11.2 Å². The van der Waals surface area contributed by atoms with Gasteiger partial charge in [0.1, 0.15) is 11.8 Å². The van der Waals surface area contributed by atoms with Gasteiger partial charge >= 0.3 is 23.5 Å². The van der Waals surface area contributed by atoms with Gasteiger partial charge in [0.15, 0.2) is 5.65 Å². The van der Waals surface area contributed by atoms with Crippen molar-refractivity contribution in [1.29, 1.82) is 0 Å². The van der Waals surface area contributed by atoms with Crippen LogP contribution in [0.1, 0.15) is 0 Å². The summed E-state index contributed by atoms with van der Waals surface area (Å²) < 4.78 is 36.4. The first kappa shape index (κ1) is 19.0. The van der Waals surface area contributed by atoms with Crippen LogP contribution < -0.4 is 0 Å². The van der Waals surface area contributed by atoms with Crippen LogP contribution in [0.3, 0.4) is 0 Å². The number of aromatic amines is 1. The standard InChI is InChI=1S/C5H4N4.H5O10P3/c1-4-5(8-2-6-1)9-3-7-4;1-11(2,3)9-13(7,8)10-12(4,5)6/h1-3H,(H,6,7,8,9);(H,7,8)(H2,1,2,3)(H2,4,5,6). The SMILES string of the molecule is O=P(O)(O)OP(=O)(O)OP(=O)(O)O.c1ncc2[nH]cnc2n1. The average molecular weight is 378 g/mol. The van der Waals surface area contributed by atoms with Gasteiger partial charge in [0, 0.05) is 0 Å². The van der Waals surface area contributed by atoms with E-state index in [0.717, 1.165) is 5.52 Å². The van der Waals surface area contributed by atoms with E-state index in [1.807, 2.05) is 0 Å². The second-order valence-corrected chi connectivity index (χ2v) is 7.48. The Kier molecular flexibility index (Phi) is 6.07. The molecule has 22 heavy (non-hydrogen) atoms. The van der Waals surface area contributed by atoms with Crippen LogP contribution in [0.4, 0.5) is 0 Å². The lowest BCUT2D eigenvalue weighted by Crippen LogP contribution is -1.91. The molecule has 17 heteroatoms. The Labute approximate surface area is 121 Å². The number of rotatable bonds is 4. The summed E-state index contributed by atoms with van der Waals surface area (Å²) in [4.78, 5) is 54.7. The zero-order chi connectivity index (χ0) is 17.0. The molecule has 0 saturated heterocycles. The number of aromatic nitrogens is 4. The second kappa shape index (κ2) is 7.02. The molecule has 0 spiro atoms. The maximum atomic E-state index is 10.4. The Balaban J connectivity index is 0.000000231. The van der Waals surface area contributed by atoms with Gasteiger partial charge in [-0.05, 0) is 0 Å². The van der Waals surface area contributed by atoms with Crippen molar-refractivity contribution in [2.24, 2.45) is 0 Å². The van der Waals surface area contributed by atoms with E-state index in [1.54, 1.807) is 12.5 Å². The molecule has 2 aromatic rings. The fourth-order valence-electron chi connectivity index (χ4n) is 0.975. The van der Waals surface area contributed by atoms with Crippen LogP contribution in [0, 0.1) is 0 Å². The molecule has 0 aromatic carbocycles. The number of nitrogens with one attached hydrogen (secondary N) is 1. The Morgan fingerprint density at radius 1 is 0.955 bits per heavy atom. The lowest BCUT2D eigenvalue weighted by molar-refractivity contribution is 0.204. The molecule has 14 nitrogen and oxygen atoms in total. The van der Waals surface area contributed by atoms with Gasteiger partial charge in [-0.15, -0.1) is 0 Å². The molecule has 2 rings (SSSR count). The quantitative estimate of drug-likeness (QED) is 0.375. The predicted octanol–water partition coefficient (Wildman–Crippen LogP) is -0.342. The minimum atomic E-state index is -5.46. The smallest absolute Gasteiger partial charge is 0.342 e. The van der Waals surface area contributed by atoms with Crippen molar-refractivity contribution < 1.29 is 46.8 Å². The molecule has 0 radical (unpaired) electrons. The summed E-state index contributed by atoms with van der Waals surface area (Å²) in [6.45, 7) is 0. The third-order valence-electron chi connectivity index (χ3n) is 1.52. The number of H-pyrrole nitrogens is 1. The zero-order valence-corrected chi connectivity index (χ0v) is 12.9. The maximum Gasteiger partial charge on any atom is 0.490 e. The fraction of sp³-hybridized carbons (Fsp3) is 0. The fourth-order valence-corrected chi connectivity index (χ4v) is 3.51. The predicted molar refractivity (Wildman–Crippen MR) is 67.8 cm³/mol. The van der Waals surface area contributed by atoms with E-state index in [-0.39, 0.29) is 0 Å². The van der Waals surface area contributed by atoms with Crippen LogP contribution in [0.15, 0.2) is 18.9 Å². The van der Waals surface area contributed by atoms with Gasteiger partial charge in [0.05, 0.1) is 12.5 Å². The van der Waals surface area contributed by atoms with E-state index in [0.29, 0.717) is 5.65 Å². The molecule has 0 unspecified atom stereocenters. The molecule has 6 N–H and O–H groups in total. The van der Waals surface area contributed by atoms with Gasteiger partial charge in [-0.25, -0.2) is 28.6 Å². The lowest BCUT2D eigenvalue weighted by Gasteiger charge is -2.11. The van der Waals surface area contributed by atoms with E-state index in [2.05, 4.69) is 28.6 Å². The summed E-state index contributed by atoms with van der Waals surface area (Å²) in [7, 11) is -16.2. The summed E-state index contributed by atoms with van der Waals surface area (Å²) in [6, 6.07) is 0. The van der Waals surface area contributed by atoms with Crippen molar-refractivity contribution in [3.8, 4) is 0 Å². The Morgan fingerprint density at radius 3 is 1.95 bits per heavy atom. The molecule has 2 aromatic heterocycles. The minimum Gasteiger partial charge on any atom is -0.342 e. The molecule has 0 bridgehead atoms. The van der Waals surface area contributed by atoms with E-state index in [4.69, 9.17) is 24.5 Å². The van der Waals surface area contributed by atoms with Crippen molar-refractivity contribution in [1.82, 2.24) is 19.9 Å². The number of hydrogen-bond acceptors (Lipinski definition) is 8. The second-order valence-electron chi connectivity index (χ2n) is 3.28. The molecule has 2 heterocycles. The summed E-state index contributed by atoms with van der Waals surface area (Å²) in [5.74, 6) is 0. The number of nitrogens with zero attached hydrogens (tertiary/aromatic N) is 3. The van der Waals surface area contributed by atoms with Crippen molar-refractivity contribution in [2.45, 2.75) is 0 Å². The van der Waals surface area contributed by atoms with Crippen molar-refractivity contribution in [3.05, 3.63) is 18.9 Å². The Hall–Kier alpha value is -1.04. The van der Waals surface area contributed by atoms with Crippen LogP contribution >= 0.6 is 23.5 Å². The molecular weight excluding hydrogens is 369 g/mol. The van der Waals surface area contributed by atoms with E-state index < -0.39 is 23.5 Å². The molecule has 0 fully saturated rings. The van der Waals surface area contributed by atoms with Crippen LogP contribution in [-0.4, -0.2) is 44.4 Å². The molecule has 0 amide bonds. The average Bonchev–Trinajstić information content (AvgIpc) is 2.70. The molecule has 0 aliphatic rings. The number of phosphoric acid groups is 3. The Morgan fingerprint density at radius 2 is 1.50 bits per heavy atom. The molecule has 124 valence electrons. The molecular formula is C5H9N4O10P3. The lowest BCUT2D eigenvalue weighted by atomic mass is 10.6. The molecule has 0 aliphatic heterocycles. The minimum absolute atomic E-state index is 0.713. The molecule has 0 aliphatic carbocycles. The summed E-state index contributed by atoms with van der Waals surface area (Å²) in [5, 5.41) is 0. The monoisotopic (exact) mass is 378 g/mol. The van der Waals surface area contributed by atoms with Crippen LogP contribution in [0.2, 0.25) is 0 Å². The number of hydrogen-bond donors (Lipinski definition) is 6. The molecule has 0 saturated carbocycles. The zero-order valence-electron chi connectivity index (χ0n) is 10.2. The third-order valence-corrected chi connectivity index (χ3v) is 4.87. The topological polar surface area (TPSA) is 225 Å². The van der Waals surface area contributed by atoms with Crippen molar-refractivity contribution >= 4 is 34.6 Å². The van der Waals surface area contributed by atoms with Gasteiger partial charge in [0.25, 0.3) is 0 Å². The first-order valence-electron chi connectivity index (χ1n) is 4.84. The highest BCUT2D eigenvalue weighted by atomic mass is 31.3. The highest BCUT2D eigenvalue weighted by Crippen LogP contribution is 2.64. The van der Waals surface area contributed by atoms with Crippen molar-refractivity contribution in [3.63, 3.8) is 0 Å². The van der Waals surface area contributed by atoms with Gasteiger partial charge in [-0.3, -0.25) is 0 Å². The number of fused-ring (bicyclic) bond motifs is 1. The van der Waals surface area contributed by atoms with Crippen LogP contribution in [-0.2, 0) is 22.3 Å².